The Morgan fingerprint density at radius 3 is 2.52 bits per heavy atom. The number of carbonyl (C=O) groups excluding carboxylic acids is 1. The molecule has 0 amide bonds. The van der Waals surface area contributed by atoms with Gasteiger partial charge in [-0.15, -0.1) is 0 Å². The van der Waals surface area contributed by atoms with E-state index >= 15 is 0 Å². The molecule has 3 saturated carbocycles. The molecule has 2 spiro atoms. The summed E-state index contributed by atoms with van der Waals surface area (Å²) in [7, 11) is 2.14. The van der Waals surface area contributed by atoms with Crippen molar-refractivity contribution in [2.45, 2.75) is 85.6 Å². The van der Waals surface area contributed by atoms with Gasteiger partial charge in [-0.3, -0.25) is 4.79 Å². The molecular weight excluding hydrogens is 330 g/mol. The fraction of sp³-hybridized carbons (Fsp3) is 0.800. The topological polar surface area (TPSA) is 29.1 Å². The predicted octanol–water partition coefficient (Wildman–Crippen LogP) is 5.44. The third kappa shape index (κ3) is 1.77. The van der Waals surface area contributed by atoms with Crippen LogP contribution in [0.5, 0.6) is 0 Å². The van der Waals surface area contributed by atoms with Crippen LogP contribution in [0.15, 0.2) is 23.3 Å². The minimum atomic E-state index is 0.0849. The Hall–Kier alpha value is -0.890. The number of fused-ring (bicyclic) bond motifs is 2. The Balaban J connectivity index is 1.58. The Labute approximate surface area is 165 Å². The van der Waals surface area contributed by atoms with Crippen molar-refractivity contribution in [1.82, 2.24) is 5.32 Å². The summed E-state index contributed by atoms with van der Waals surface area (Å²) in [5.74, 6) is 1.05. The number of Topliss-reactive ketones (excluding diaryl/α,β-unsaturated/α-hetero) is 1. The lowest BCUT2D eigenvalue weighted by atomic mass is 9.44. The number of carbonyl (C=O) groups is 1. The zero-order chi connectivity index (χ0) is 19.5. The fourth-order valence-electron chi connectivity index (χ4n) is 9.16. The van der Waals surface area contributed by atoms with Crippen LogP contribution < -0.4 is 5.32 Å². The van der Waals surface area contributed by atoms with Crippen molar-refractivity contribution in [2.75, 3.05) is 7.05 Å². The number of nitrogens with one attached hydrogen (secondary N) is 1. The summed E-state index contributed by atoms with van der Waals surface area (Å²) >= 11 is 0. The smallest absolute Gasteiger partial charge is 0.156 e. The molecule has 0 aliphatic heterocycles. The lowest BCUT2D eigenvalue weighted by Gasteiger charge is -2.60. The molecule has 0 aromatic rings. The number of rotatable bonds is 2. The van der Waals surface area contributed by atoms with E-state index in [1.165, 1.54) is 38.5 Å². The number of allylic oxidation sites excluding steroid dienone is 3. The van der Waals surface area contributed by atoms with E-state index in [0.29, 0.717) is 22.7 Å². The summed E-state index contributed by atoms with van der Waals surface area (Å²) in [4.78, 5) is 12.4. The van der Waals surface area contributed by atoms with E-state index in [0.717, 1.165) is 17.9 Å². The van der Waals surface area contributed by atoms with E-state index < -0.39 is 0 Å². The van der Waals surface area contributed by atoms with Gasteiger partial charge in [0, 0.05) is 16.9 Å². The van der Waals surface area contributed by atoms with Gasteiger partial charge < -0.3 is 5.32 Å². The number of hydrogen-bond acceptors (Lipinski definition) is 2. The van der Waals surface area contributed by atoms with Gasteiger partial charge in [0.05, 0.1) is 0 Å². The fourth-order valence-corrected chi connectivity index (χ4v) is 9.16. The summed E-state index contributed by atoms with van der Waals surface area (Å²) in [6.07, 6.45) is 13.9. The highest BCUT2D eigenvalue weighted by Gasteiger charge is 2.80. The van der Waals surface area contributed by atoms with Gasteiger partial charge in [0.1, 0.15) is 0 Å². The van der Waals surface area contributed by atoms with Gasteiger partial charge in [0.2, 0.25) is 0 Å². The van der Waals surface area contributed by atoms with Gasteiger partial charge in [-0.1, -0.05) is 45.4 Å². The molecule has 2 nitrogen and oxygen atoms in total. The third-order valence-electron chi connectivity index (χ3n) is 10.8. The molecule has 6 atom stereocenters. The maximum atomic E-state index is 12.4. The van der Waals surface area contributed by atoms with Crippen LogP contribution in [0.4, 0.5) is 0 Å². The van der Waals surface area contributed by atoms with Crippen LogP contribution in [0, 0.1) is 33.0 Å². The first-order chi connectivity index (χ1) is 12.6. The number of ketones is 1. The van der Waals surface area contributed by atoms with E-state index in [1.54, 1.807) is 12.5 Å². The quantitative estimate of drug-likeness (QED) is 0.658. The second kappa shape index (κ2) is 4.99. The van der Waals surface area contributed by atoms with Gasteiger partial charge in [0.15, 0.2) is 5.78 Å². The third-order valence-corrected chi connectivity index (χ3v) is 10.8. The van der Waals surface area contributed by atoms with Gasteiger partial charge in [-0.05, 0) is 86.7 Å². The van der Waals surface area contributed by atoms with E-state index in [9.17, 15) is 4.79 Å². The van der Waals surface area contributed by atoms with E-state index in [1.807, 2.05) is 0 Å². The normalized spacial score (nSPS) is 51.9. The summed E-state index contributed by atoms with van der Waals surface area (Å²) in [5.41, 5.74) is 4.51. The molecule has 5 rings (SSSR count). The second-order valence-electron chi connectivity index (χ2n) is 11.6. The molecular formula is C25H37NO. The molecule has 3 fully saturated rings. The SMILES string of the molecule is CN[C@H]1CC[C@]23C[C@]24CC[C@]2(C)C(C(C)=O)=CC[C@@]2(C)[C@@H]4CC=C3C1(C)C. The van der Waals surface area contributed by atoms with Gasteiger partial charge >= 0.3 is 0 Å². The van der Waals surface area contributed by atoms with Crippen LogP contribution in [0.2, 0.25) is 0 Å². The van der Waals surface area contributed by atoms with E-state index in [2.05, 4.69) is 52.2 Å². The molecule has 0 heterocycles. The predicted molar refractivity (Wildman–Crippen MR) is 110 cm³/mol. The zero-order valence-electron chi connectivity index (χ0n) is 18.2. The molecule has 2 heteroatoms. The van der Waals surface area contributed by atoms with Crippen LogP contribution >= 0.6 is 0 Å². The molecule has 1 N–H and O–H groups in total. The Morgan fingerprint density at radius 1 is 1.11 bits per heavy atom. The molecule has 0 unspecified atom stereocenters. The highest BCUT2D eigenvalue weighted by atomic mass is 16.1. The molecule has 5 aliphatic rings. The van der Waals surface area contributed by atoms with Crippen molar-refractivity contribution in [3.8, 4) is 0 Å². The highest BCUT2D eigenvalue weighted by Crippen LogP contribution is 2.87. The first-order valence-electron chi connectivity index (χ1n) is 11.2. The minimum absolute atomic E-state index is 0.0849. The highest BCUT2D eigenvalue weighted by molar-refractivity contribution is 5.95. The summed E-state index contributed by atoms with van der Waals surface area (Å²) in [6.45, 7) is 11.7. The molecule has 0 saturated heterocycles. The molecule has 27 heavy (non-hydrogen) atoms. The van der Waals surface area contributed by atoms with Crippen molar-refractivity contribution in [3.05, 3.63) is 23.3 Å². The molecule has 0 radical (unpaired) electrons. The molecule has 0 aromatic carbocycles. The van der Waals surface area contributed by atoms with Crippen molar-refractivity contribution in [2.24, 2.45) is 33.0 Å². The first-order valence-corrected chi connectivity index (χ1v) is 11.2. The van der Waals surface area contributed by atoms with Gasteiger partial charge in [-0.25, -0.2) is 0 Å². The van der Waals surface area contributed by atoms with Crippen molar-refractivity contribution in [3.63, 3.8) is 0 Å². The van der Waals surface area contributed by atoms with Crippen molar-refractivity contribution < 1.29 is 4.79 Å². The molecule has 0 aromatic heterocycles. The second-order valence-corrected chi connectivity index (χ2v) is 11.6. The Bertz CT molecular complexity index is 790. The summed E-state index contributed by atoms with van der Waals surface area (Å²) in [6, 6.07) is 0.602. The first kappa shape index (κ1) is 18.2. The van der Waals surface area contributed by atoms with Gasteiger partial charge in [-0.2, -0.15) is 0 Å². The Morgan fingerprint density at radius 2 is 1.85 bits per heavy atom. The van der Waals surface area contributed by atoms with Crippen LogP contribution in [0.1, 0.15) is 79.6 Å². The molecule has 5 aliphatic carbocycles. The van der Waals surface area contributed by atoms with Crippen molar-refractivity contribution in [1.29, 1.82) is 0 Å². The van der Waals surface area contributed by atoms with Crippen LogP contribution in [0.3, 0.4) is 0 Å². The van der Waals surface area contributed by atoms with Crippen LogP contribution in [-0.4, -0.2) is 18.9 Å². The minimum Gasteiger partial charge on any atom is -0.316 e. The summed E-state index contributed by atoms with van der Waals surface area (Å²) < 4.78 is 0. The zero-order valence-corrected chi connectivity index (χ0v) is 18.2. The molecule has 148 valence electrons. The van der Waals surface area contributed by atoms with E-state index in [-0.39, 0.29) is 16.2 Å². The van der Waals surface area contributed by atoms with Gasteiger partial charge in [0.25, 0.3) is 0 Å². The lowest BCUT2D eigenvalue weighted by molar-refractivity contribution is -0.118. The van der Waals surface area contributed by atoms with E-state index in [4.69, 9.17) is 0 Å². The van der Waals surface area contributed by atoms with Crippen molar-refractivity contribution >= 4 is 5.78 Å². The lowest BCUT2D eigenvalue weighted by Crippen LogP contribution is -2.55. The monoisotopic (exact) mass is 367 g/mol. The Kier molecular flexibility index (Phi) is 3.35. The maximum Gasteiger partial charge on any atom is 0.156 e. The largest absolute Gasteiger partial charge is 0.316 e. The average Bonchev–Trinajstić information content (AvgIpc) is 3.17. The van der Waals surface area contributed by atoms with Crippen LogP contribution in [-0.2, 0) is 4.79 Å². The maximum absolute atomic E-state index is 12.4. The standard InChI is InChI=1S/C25H37NO/c1-16(27)17-9-11-23(5)19-8-7-18-21(2,3)20(26-6)10-12-24(18)15-25(19,24)14-13-22(17,23)4/h7,9,19-20,26H,8,10-15H2,1-6H3/t19-,20-,22+,23-,24+,25-/m0/s1. The van der Waals surface area contributed by atoms with Crippen LogP contribution in [0.25, 0.3) is 0 Å². The number of hydrogen-bond donors (Lipinski definition) is 1. The average molecular weight is 368 g/mol. The molecule has 0 bridgehead atoms. The summed E-state index contributed by atoms with van der Waals surface area (Å²) in [5, 5.41) is 3.61.